The first-order chi connectivity index (χ1) is 12.1. The molecule has 1 fully saturated rings. The molecule has 1 aliphatic carbocycles. The number of hydrogen-bond donors (Lipinski definition) is 2. The van der Waals surface area contributed by atoms with E-state index < -0.39 is 5.97 Å². The van der Waals surface area contributed by atoms with Crippen LogP contribution in [0.25, 0.3) is 0 Å². The number of carbonyl (C=O) groups excluding carboxylic acids is 1. The molecular weight excluding hydrogens is 316 g/mol. The zero-order chi connectivity index (χ0) is 17.6. The van der Waals surface area contributed by atoms with Crippen molar-refractivity contribution >= 4 is 17.6 Å². The summed E-state index contributed by atoms with van der Waals surface area (Å²) in [7, 11) is 0. The van der Waals surface area contributed by atoms with Crippen LogP contribution in [0, 0.1) is 5.92 Å². The molecule has 3 rings (SSSR count). The Morgan fingerprint density at radius 1 is 1.08 bits per heavy atom. The van der Waals surface area contributed by atoms with Crippen LogP contribution in [0.5, 0.6) is 0 Å². The lowest BCUT2D eigenvalue weighted by atomic mass is 9.77. The Morgan fingerprint density at radius 2 is 1.80 bits per heavy atom. The number of carbonyl (C=O) groups is 2. The molecule has 0 bridgehead atoms. The van der Waals surface area contributed by atoms with Crippen molar-refractivity contribution in [1.82, 2.24) is 4.98 Å². The van der Waals surface area contributed by atoms with Gasteiger partial charge in [-0.15, -0.1) is 0 Å². The smallest absolute Gasteiger partial charge is 0.303 e. The van der Waals surface area contributed by atoms with E-state index in [1.807, 2.05) is 12.1 Å². The highest BCUT2D eigenvalue weighted by Crippen LogP contribution is 2.37. The van der Waals surface area contributed by atoms with Gasteiger partial charge in [0.05, 0.1) is 5.56 Å². The Bertz CT molecular complexity index is 720. The number of carboxylic acids is 1. The van der Waals surface area contributed by atoms with E-state index in [1.54, 1.807) is 24.5 Å². The summed E-state index contributed by atoms with van der Waals surface area (Å²) >= 11 is 0. The molecule has 0 unspecified atom stereocenters. The van der Waals surface area contributed by atoms with Crippen LogP contribution in [0.1, 0.15) is 53.9 Å². The van der Waals surface area contributed by atoms with Crippen molar-refractivity contribution in [1.29, 1.82) is 0 Å². The van der Waals surface area contributed by atoms with Gasteiger partial charge in [0.2, 0.25) is 0 Å². The number of amides is 1. The van der Waals surface area contributed by atoms with E-state index in [-0.39, 0.29) is 12.3 Å². The summed E-state index contributed by atoms with van der Waals surface area (Å²) in [5.41, 5.74) is 2.55. The van der Waals surface area contributed by atoms with Crippen molar-refractivity contribution in [2.24, 2.45) is 5.92 Å². The number of hydrogen-bond acceptors (Lipinski definition) is 3. The Kier molecular flexibility index (Phi) is 5.43. The number of pyridine rings is 1. The monoisotopic (exact) mass is 338 g/mol. The molecule has 0 spiro atoms. The van der Waals surface area contributed by atoms with Gasteiger partial charge < -0.3 is 10.4 Å². The molecule has 1 heterocycles. The average molecular weight is 338 g/mol. The van der Waals surface area contributed by atoms with Crippen molar-refractivity contribution in [3.05, 3.63) is 59.9 Å². The fourth-order valence-corrected chi connectivity index (χ4v) is 3.49. The molecule has 1 amide bonds. The number of nitrogens with zero attached hydrogens (tertiary/aromatic N) is 1. The minimum atomic E-state index is -0.697. The van der Waals surface area contributed by atoms with E-state index in [4.69, 9.17) is 5.11 Å². The Hall–Kier alpha value is -2.69. The van der Waals surface area contributed by atoms with Crippen LogP contribution >= 0.6 is 0 Å². The second kappa shape index (κ2) is 7.92. The first kappa shape index (κ1) is 17.1. The lowest BCUT2D eigenvalue weighted by Gasteiger charge is -2.28. The molecule has 0 radical (unpaired) electrons. The van der Waals surface area contributed by atoms with Crippen LogP contribution in [0.4, 0.5) is 5.69 Å². The van der Waals surface area contributed by atoms with E-state index in [9.17, 15) is 9.59 Å². The van der Waals surface area contributed by atoms with Gasteiger partial charge in [0.15, 0.2) is 0 Å². The molecule has 1 aromatic carbocycles. The topological polar surface area (TPSA) is 79.3 Å². The number of benzene rings is 1. The lowest BCUT2D eigenvalue weighted by Crippen LogP contribution is -2.16. The first-order valence-electron chi connectivity index (χ1n) is 8.65. The maximum atomic E-state index is 12.1. The van der Waals surface area contributed by atoms with Gasteiger partial charge in [-0.25, -0.2) is 0 Å². The molecule has 25 heavy (non-hydrogen) atoms. The average Bonchev–Trinajstić information content (AvgIpc) is 2.63. The molecule has 5 heteroatoms. The fraction of sp³-hybridized carbons (Fsp3) is 0.350. The van der Waals surface area contributed by atoms with Gasteiger partial charge in [0, 0.05) is 24.5 Å². The van der Waals surface area contributed by atoms with E-state index in [2.05, 4.69) is 22.4 Å². The van der Waals surface area contributed by atoms with E-state index >= 15 is 0 Å². The third kappa shape index (κ3) is 4.66. The van der Waals surface area contributed by atoms with Crippen LogP contribution < -0.4 is 5.32 Å². The van der Waals surface area contributed by atoms with Gasteiger partial charge in [0.1, 0.15) is 0 Å². The van der Waals surface area contributed by atoms with Crippen LogP contribution in [-0.2, 0) is 4.79 Å². The summed E-state index contributed by atoms with van der Waals surface area (Å²) in [5.74, 6) is -0.0768. The van der Waals surface area contributed by atoms with Gasteiger partial charge in [-0.1, -0.05) is 12.1 Å². The molecule has 0 aliphatic heterocycles. The lowest BCUT2D eigenvalue weighted by molar-refractivity contribution is -0.138. The Balaban J connectivity index is 1.56. The number of rotatable bonds is 5. The normalized spacial score (nSPS) is 20.0. The highest BCUT2D eigenvalue weighted by atomic mass is 16.4. The third-order valence-electron chi connectivity index (χ3n) is 4.87. The predicted molar refractivity (Wildman–Crippen MR) is 95.6 cm³/mol. The number of aliphatic carboxylic acids is 1. The van der Waals surface area contributed by atoms with Crippen molar-refractivity contribution in [3.63, 3.8) is 0 Å². The van der Waals surface area contributed by atoms with Crippen LogP contribution in [0.3, 0.4) is 0 Å². The molecule has 1 aliphatic rings. The van der Waals surface area contributed by atoms with Crippen molar-refractivity contribution < 1.29 is 14.7 Å². The first-order valence-corrected chi connectivity index (χ1v) is 8.65. The molecule has 5 nitrogen and oxygen atoms in total. The second-order valence-corrected chi connectivity index (χ2v) is 6.63. The largest absolute Gasteiger partial charge is 0.481 e. The van der Waals surface area contributed by atoms with Gasteiger partial charge in [-0.05, 0) is 67.3 Å². The number of aromatic nitrogens is 1. The number of carboxylic acid groups (broad SMARTS) is 1. The van der Waals surface area contributed by atoms with Crippen LogP contribution in [0.2, 0.25) is 0 Å². The summed E-state index contributed by atoms with van der Waals surface area (Å²) in [5, 5.41) is 11.8. The summed E-state index contributed by atoms with van der Waals surface area (Å²) in [6, 6.07) is 11.4. The highest BCUT2D eigenvalue weighted by Gasteiger charge is 2.23. The third-order valence-corrected chi connectivity index (χ3v) is 4.87. The molecule has 2 aromatic rings. The standard InChI is InChI=1S/C20H22N2O3/c23-19(24)12-14-3-5-15(6-4-14)16-7-9-18(10-8-16)22-20(25)17-2-1-11-21-13-17/h1-2,7-11,13-15H,3-6,12H2,(H,22,25)(H,23,24). The second-order valence-electron chi connectivity index (χ2n) is 6.63. The molecule has 0 saturated heterocycles. The maximum Gasteiger partial charge on any atom is 0.303 e. The van der Waals surface area contributed by atoms with Gasteiger partial charge in [-0.2, -0.15) is 0 Å². The highest BCUT2D eigenvalue weighted by molar-refractivity contribution is 6.03. The zero-order valence-electron chi connectivity index (χ0n) is 14.0. The van der Waals surface area contributed by atoms with Crippen LogP contribution in [0.15, 0.2) is 48.8 Å². The predicted octanol–water partition coefficient (Wildman–Crippen LogP) is 4.08. The molecule has 1 saturated carbocycles. The SMILES string of the molecule is O=C(O)CC1CCC(c2ccc(NC(=O)c3cccnc3)cc2)CC1. The molecule has 2 N–H and O–H groups in total. The zero-order valence-corrected chi connectivity index (χ0v) is 14.0. The van der Waals surface area contributed by atoms with E-state index in [1.165, 1.54) is 5.56 Å². The van der Waals surface area contributed by atoms with Crippen LogP contribution in [-0.4, -0.2) is 22.0 Å². The summed E-state index contributed by atoms with van der Waals surface area (Å²) in [6.45, 7) is 0. The van der Waals surface area contributed by atoms with Gasteiger partial charge in [0.25, 0.3) is 5.91 Å². The Labute approximate surface area is 147 Å². The molecule has 0 atom stereocenters. The summed E-state index contributed by atoms with van der Waals surface area (Å²) in [4.78, 5) is 26.9. The number of nitrogens with one attached hydrogen (secondary N) is 1. The summed E-state index contributed by atoms with van der Waals surface area (Å²) < 4.78 is 0. The van der Waals surface area contributed by atoms with Gasteiger partial charge in [-0.3, -0.25) is 14.6 Å². The minimum Gasteiger partial charge on any atom is -0.481 e. The molecule has 1 aromatic heterocycles. The van der Waals surface area contributed by atoms with Crippen molar-refractivity contribution in [2.75, 3.05) is 5.32 Å². The van der Waals surface area contributed by atoms with Crippen molar-refractivity contribution in [2.45, 2.75) is 38.0 Å². The molecule has 130 valence electrons. The van der Waals surface area contributed by atoms with Crippen molar-refractivity contribution in [3.8, 4) is 0 Å². The van der Waals surface area contributed by atoms with E-state index in [0.717, 1.165) is 31.4 Å². The minimum absolute atomic E-state index is 0.171. The molecular formula is C20H22N2O3. The van der Waals surface area contributed by atoms with Gasteiger partial charge >= 0.3 is 5.97 Å². The van der Waals surface area contributed by atoms with E-state index in [0.29, 0.717) is 17.4 Å². The Morgan fingerprint density at radius 3 is 2.40 bits per heavy atom. The number of anilines is 1. The summed E-state index contributed by atoms with van der Waals surface area (Å²) in [6.07, 6.45) is 7.45. The maximum absolute atomic E-state index is 12.1. The fourth-order valence-electron chi connectivity index (χ4n) is 3.49. The quantitative estimate of drug-likeness (QED) is 0.861.